The summed E-state index contributed by atoms with van der Waals surface area (Å²) in [5, 5.41) is 8.01. The summed E-state index contributed by atoms with van der Waals surface area (Å²) in [6, 6.07) is 19.6. The van der Waals surface area contributed by atoms with Gasteiger partial charge in [0.1, 0.15) is 0 Å². The van der Waals surface area contributed by atoms with E-state index in [4.69, 9.17) is 0 Å². The number of carbonyl (C=O) groups excluding carboxylic acids is 1. The summed E-state index contributed by atoms with van der Waals surface area (Å²) in [5.74, 6) is 0. The monoisotopic (exact) mass is 290 g/mol. The van der Waals surface area contributed by atoms with Gasteiger partial charge in [0, 0.05) is 11.1 Å². The highest BCUT2D eigenvalue weighted by atomic mass is 16.2. The third-order valence-corrected chi connectivity index (χ3v) is 3.76. The minimum Gasteiger partial charge on any atom is -0.307 e. The van der Waals surface area contributed by atoms with Crippen LogP contribution in [-0.2, 0) is 0 Å². The van der Waals surface area contributed by atoms with E-state index in [2.05, 4.69) is 10.6 Å². The molecule has 3 nitrogen and oxygen atoms in total. The van der Waals surface area contributed by atoms with Gasteiger partial charge in [0.05, 0.1) is 5.69 Å². The zero-order chi connectivity index (χ0) is 15.5. The predicted molar refractivity (Wildman–Crippen MR) is 92.5 cm³/mol. The van der Waals surface area contributed by atoms with Gasteiger partial charge in [0.25, 0.3) is 0 Å². The van der Waals surface area contributed by atoms with Crippen molar-refractivity contribution in [3.05, 3.63) is 71.8 Å². The summed E-state index contributed by atoms with van der Waals surface area (Å²) in [7, 11) is 0. The maximum absolute atomic E-state index is 12.3. The van der Waals surface area contributed by atoms with Gasteiger partial charge in [-0.15, -0.1) is 0 Å². The molecule has 22 heavy (non-hydrogen) atoms. The van der Waals surface area contributed by atoms with Crippen LogP contribution < -0.4 is 10.6 Å². The lowest BCUT2D eigenvalue weighted by Crippen LogP contribution is -2.20. The van der Waals surface area contributed by atoms with Crippen molar-refractivity contribution >= 4 is 28.2 Å². The van der Waals surface area contributed by atoms with E-state index in [1.165, 1.54) is 0 Å². The molecule has 3 heteroatoms. The molecule has 0 saturated carbocycles. The molecule has 0 bridgehead atoms. The molecule has 0 heterocycles. The number of urea groups is 1. The summed E-state index contributed by atoms with van der Waals surface area (Å²) in [5.41, 5.74) is 3.77. The van der Waals surface area contributed by atoms with Gasteiger partial charge in [-0.2, -0.15) is 0 Å². The van der Waals surface area contributed by atoms with Gasteiger partial charge >= 0.3 is 6.03 Å². The largest absolute Gasteiger partial charge is 0.323 e. The summed E-state index contributed by atoms with van der Waals surface area (Å²) in [6.07, 6.45) is 0. The first-order chi connectivity index (χ1) is 10.6. The Morgan fingerprint density at radius 2 is 1.41 bits per heavy atom. The molecule has 0 aliphatic carbocycles. The maximum Gasteiger partial charge on any atom is 0.323 e. The number of aryl methyl sites for hydroxylation is 2. The second kappa shape index (κ2) is 5.90. The fourth-order valence-corrected chi connectivity index (χ4v) is 2.61. The fraction of sp³-hybridized carbons (Fsp3) is 0.105. The number of para-hydroxylation sites is 1. The van der Waals surface area contributed by atoms with Gasteiger partial charge in [-0.3, -0.25) is 0 Å². The van der Waals surface area contributed by atoms with Crippen LogP contribution in [0.5, 0.6) is 0 Å². The zero-order valence-corrected chi connectivity index (χ0v) is 12.7. The van der Waals surface area contributed by atoms with E-state index in [1.54, 1.807) is 0 Å². The van der Waals surface area contributed by atoms with Gasteiger partial charge < -0.3 is 10.6 Å². The SMILES string of the molecule is Cc1cccc(C)c1NC(=O)Nc1cccc2ccccc12. The van der Waals surface area contributed by atoms with E-state index in [0.717, 1.165) is 33.3 Å². The van der Waals surface area contributed by atoms with Crippen LogP contribution in [0.1, 0.15) is 11.1 Å². The third-order valence-electron chi connectivity index (χ3n) is 3.76. The standard InChI is InChI=1S/C19H18N2O/c1-13-7-5-8-14(2)18(13)21-19(22)20-17-12-6-10-15-9-3-4-11-16(15)17/h3-12H,1-2H3,(H2,20,21,22). The molecule has 3 aromatic rings. The predicted octanol–water partition coefficient (Wildman–Crippen LogP) is 5.10. The molecule has 3 aromatic carbocycles. The highest BCUT2D eigenvalue weighted by Gasteiger charge is 2.08. The Morgan fingerprint density at radius 3 is 2.18 bits per heavy atom. The number of fused-ring (bicyclic) bond motifs is 1. The molecule has 0 aromatic heterocycles. The lowest BCUT2D eigenvalue weighted by Gasteiger charge is -2.13. The number of hydrogen-bond donors (Lipinski definition) is 2. The van der Waals surface area contributed by atoms with Gasteiger partial charge in [0.2, 0.25) is 0 Å². The normalized spacial score (nSPS) is 10.5. The number of rotatable bonds is 2. The zero-order valence-electron chi connectivity index (χ0n) is 12.7. The van der Waals surface area contributed by atoms with E-state index in [-0.39, 0.29) is 6.03 Å². The number of carbonyl (C=O) groups is 1. The fourth-order valence-electron chi connectivity index (χ4n) is 2.61. The van der Waals surface area contributed by atoms with E-state index in [0.29, 0.717) is 0 Å². The highest BCUT2D eigenvalue weighted by Crippen LogP contribution is 2.24. The van der Waals surface area contributed by atoms with Crippen molar-refractivity contribution in [2.45, 2.75) is 13.8 Å². The maximum atomic E-state index is 12.3. The van der Waals surface area contributed by atoms with Crippen LogP contribution in [0.3, 0.4) is 0 Å². The third kappa shape index (κ3) is 2.79. The Balaban J connectivity index is 1.85. The van der Waals surface area contributed by atoms with Crippen LogP contribution in [0.15, 0.2) is 60.7 Å². The summed E-state index contributed by atoms with van der Waals surface area (Å²) < 4.78 is 0. The molecule has 0 fully saturated rings. The Hall–Kier alpha value is -2.81. The number of anilines is 2. The first-order valence-electron chi connectivity index (χ1n) is 7.27. The van der Waals surface area contributed by atoms with Crippen molar-refractivity contribution in [2.75, 3.05) is 10.6 Å². The van der Waals surface area contributed by atoms with Crippen LogP contribution in [-0.4, -0.2) is 6.03 Å². The molecule has 0 aliphatic heterocycles. The summed E-state index contributed by atoms with van der Waals surface area (Å²) in [4.78, 5) is 12.3. The van der Waals surface area contributed by atoms with Gasteiger partial charge in [0.15, 0.2) is 0 Å². The van der Waals surface area contributed by atoms with Crippen molar-refractivity contribution in [1.82, 2.24) is 0 Å². The number of amides is 2. The Morgan fingerprint density at radius 1 is 0.773 bits per heavy atom. The Kier molecular flexibility index (Phi) is 3.79. The van der Waals surface area contributed by atoms with Crippen molar-refractivity contribution in [3.63, 3.8) is 0 Å². The van der Waals surface area contributed by atoms with E-state index in [1.807, 2.05) is 74.5 Å². The topological polar surface area (TPSA) is 41.1 Å². The molecule has 110 valence electrons. The quantitative estimate of drug-likeness (QED) is 0.677. The van der Waals surface area contributed by atoms with Crippen molar-refractivity contribution in [2.24, 2.45) is 0 Å². The van der Waals surface area contributed by atoms with Crippen molar-refractivity contribution < 1.29 is 4.79 Å². The Bertz CT molecular complexity index is 814. The minimum absolute atomic E-state index is 0.228. The average Bonchev–Trinajstić information content (AvgIpc) is 2.51. The van der Waals surface area contributed by atoms with E-state index < -0.39 is 0 Å². The van der Waals surface area contributed by atoms with Gasteiger partial charge in [-0.25, -0.2) is 4.79 Å². The lowest BCUT2D eigenvalue weighted by molar-refractivity contribution is 0.262. The Labute approximate surface area is 130 Å². The molecule has 3 rings (SSSR count). The molecular formula is C19H18N2O. The number of benzene rings is 3. The smallest absolute Gasteiger partial charge is 0.307 e. The molecule has 0 atom stereocenters. The van der Waals surface area contributed by atoms with Crippen LogP contribution >= 0.6 is 0 Å². The second-order valence-corrected chi connectivity index (χ2v) is 5.37. The first-order valence-corrected chi connectivity index (χ1v) is 7.27. The molecule has 2 N–H and O–H groups in total. The summed E-state index contributed by atoms with van der Waals surface area (Å²) in [6.45, 7) is 3.97. The molecule has 0 aliphatic rings. The number of hydrogen-bond acceptors (Lipinski definition) is 1. The number of nitrogens with one attached hydrogen (secondary N) is 2. The minimum atomic E-state index is -0.228. The van der Waals surface area contributed by atoms with Crippen molar-refractivity contribution in [3.8, 4) is 0 Å². The van der Waals surface area contributed by atoms with Gasteiger partial charge in [-0.05, 0) is 36.4 Å². The van der Waals surface area contributed by atoms with Crippen LogP contribution in [0.2, 0.25) is 0 Å². The molecule has 0 radical (unpaired) electrons. The summed E-state index contributed by atoms with van der Waals surface area (Å²) >= 11 is 0. The molecule has 0 spiro atoms. The molecule has 2 amide bonds. The van der Waals surface area contributed by atoms with Gasteiger partial charge in [-0.1, -0.05) is 54.6 Å². The van der Waals surface area contributed by atoms with Crippen LogP contribution in [0.4, 0.5) is 16.2 Å². The van der Waals surface area contributed by atoms with E-state index in [9.17, 15) is 4.79 Å². The highest BCUT2D eigenvalue weighted by molar-refractivity contribution is 6.06. The van der Waals surface area contributed by atoms with Crippen LogP contribution in [0, 0.1) is 13.8 Å². The lowest BCUT2D eigenvalue weighted by atomic mass is 10.1. The van der Waals surface area contributed by atoms with Crippen LogP contribution in [0.25, 0.3) is 10.8 Å². The molecular weight excluding hydrogens is 272 g/mol. The molecule has 0 saturated heterocycles. The van der Waals surface area contributed by atoms with E-state index >= 15 is 0 Å². The second-order valence-electron chi connectivity index (χ2n) is 5.37. The van der Waals surface area contributed by atoms with Crippen molar-refractivity contribution in [1.29, 1.82) is 0 Å². The molecule has 0 unspecified atom stereocenters. The average molecular weight is 290 g/mol. The first kappa shape index (κ1) is 14.1.